The summed E-state index contributed by atoms with van der Waals surface area (Å²) in [7, 11) is -0.988. The minimum absolute atomic E-state index is 0.196. The number of rotatable bonds is 7. The van der Waals surface area contributed by atoms with E-state index in [9.17, 15) is 18.0 Å². The van der Waals surface area contributed by atoms with Crippen LogP contribution in [-0.2, 0) is 26.1 Å². The molecule has 0 bridgehead atoms. The third-order valence-corrected chi connectivity index (χ3v) is 6.57. The number of benzene rings is 1. The van der Waals surface area contributed by atoms with E-state index in [1.807, 2.05) is 0 Å². The SMILES string of the molecule is COC(=O)c1ccc(CNC(=O)CN(C)S(=O)(=O)c2cccs2)cc1. The molecule has 1 amide bonds. The van der Waals surface area contributed by atoms with E-state index in [1.54, 1.807) is 35.7 Å². The highest BCUT2D eigenvalue weighted by molar-refractivity contribution is 7.91. The van der Waals surface area contributed by atoms with Gasteiger partial charge in [-0.1, -0.05) is 18.2 Å². The second-order valence-electron chi connectivity index (χ2n) is 5.16. The van der Waals surface area contributed by atoms with Crippen LogP contribution in [0.3, 0.4) is 0 Å². The van der Waals surface area contributed by atoms with E-state index < -0.39 is 21.9 Å². The molecule has 0 fully saturated rings. The van der Waals surface area contributed by atoms with Crippen molar-refractivity contribution in [2.45, 2.75) is 10.8 Å². The van der Waals surface area contributed by atoms with Crippen molar-refractivity contribution in [3.05, 3.63) is 52.9 Å². The maximum atomic E-state index is 12.2. The quantitative estimate of drug-likeness (QED) is 0.732. The smallest absolute Gasteiger partial charge is 0.337 e. The second-order valence-corrected chi connectivity index (χ2v) is 8.38. The van der Waals surface area contributed by atoms with Crippen LogP contribution in [0.2, 0.25) is 0 Å². The van der Waals surface area contributed by atoms with Gasteiger partial charge >= 0.3 is 5.97 Å². The van der Waals surface area contributed by atoms with Gasteiger partial charge in [0, 0.05) is 13.6 Å². The molecule has 0 saturated heterocycles. The van der Waals surface area contributed by atoms with Gasteiger partial charge in [-0.05, 0) is 29.1 Å². The molecule has 25 heavy (non-hydrogen) atoms. The summed E-state index contributed by atoms with van der Waals surface area (Å²) >= 11 is 1.10. The number of thiophene rings is 1. The Labute approximate surface area is 150 Å². The highest BCUT2D eigenvalue weighted by Gasteiger charge is 2.23. The lowest BCUT2D eigenvalue weighted by atomic mass is 10.1. The van der Waals surface area contributed by atoms with Crippen molar-refractivity contribution in [3.63, 3.8) is 0 Å². The topological polar surface area (TPSA) is 92.8 Å². The molecular formula is C16H18N2O5S2. The van der Waals surface area contributed by atoms with Crippen molar-refractivity contribution in [2.75, 3.05) is 20.7 Å². The second kappa shape index (κ2) is 8.24. The number of carbonyl (C=O) groups excluding carboxylic acids is 2. The predicted molar refractivity (Wildman–Crippen MR) is 93.8 cm³/mol. The molecule has 7 nitrogen and oxygen atoms in total. The molecule has 1 N–H and O–H groups in total. The first-order valence-electron chi connectivity index (χ1n) is 7.28. The fourth-order valence-electron chi connectivity index (χ4n) is 1.98. The van der Waals surface area contributed by atoms with Gasteiger partial charge in [0.25, 0.3) is 10.0 Å². The first-order chi connectivity index (χ1) is 11.8. The third kappa shape index (κ3) is 4.88. The summed E-state index contributed by atoms with van der Waals surface area (Å²) in [5.41, 5.74) is 1.20. The van der Waals surface area contributed by atoms with Crippen LogP contribution in [0.1, 0.15) is 15.9 Å². The zero-order valence-electron chi connectivity index (χ0n) is 13.8. The summed E-state index contributed by atoms with van der Waals surface area (Å²) in [5.74, 6) is -0.851. The highest BCUT2D eigenvalue weighted by atomic mass is 32.2. The zero-order chi connectivity index (χ0) is 18.4. The molecule has 2 rings (SSSR count). The van der Waals surface area contributed by atoms with Crippen LogP contribution in [-0.4, -0.2) is 45.3 Å². The van der Waals surface area contributed by atoms with E-state index >= 15 is 0 Å². The normalized spacial score (nSPS) is 11.3. The molecule has 134 valence electrons. The average Bonchev–Trinajstić information content (AvgIpc) is 3.15. The van der Waals surface area contributed by atoms with Crippen LogP contribution in [0.15, 0.2) is 46.0 Å². The number of esters is 1. The summed E-state index contributed by atoms with van der Waals surface area (Å²) in [5, 5.41) is 4.32. The number of ether oxygens (including phenoxy) is 1. The van der Waals surface area contributed by atoms with Crippen LogP contribution in [0, 0.1) is 0 Å². The minimum Gasteiger partial charge on any atom is -0.465 e. The molecule has 0 spiro atoms. The van der Waals surface area contributed by atoms with Crippen molar-refractivity contribution in [2.24, 2.45) is 0 Å². The number of nitrogens with zero attached hydrogens (tertiary/aromatic N) is 1. The lowest BCUT2D eigenvalue weighted by molar-refractivity contribution is -0.121. The highest BCUT2D eigenvalue weighted by Crippen LogP contribution is 2.19. The predicted octanol–water partition coefficient (Wildman–Crippen LogP) is 1.47. The maximum Gasteiger partial charge on any atom is 0.337 e. The van der Waals surface area contributed by atoms with Crippen molar-refractivity contribution in [1.82, 2.24) is 9.62 Å². The summed E-state index contributed by atoms with van der Waals surface area (Å²) < 4.78 is 30.3. The van der Waals surface area contributed by atoms with Crippen LogP contribution in [0.5, 0.6) is 0 Å². The van der Waals surface area contributed by atoms with Crippen LogP contribution >= 0.6 is 11.3 Å². The first kappa shape index (κ1) is 19.1. The number of likely N-dealkylation sites (N-methyl/N-ethyl adjacent to an activating group) is 1. The lowest BCUT2D eigenvalue weighted by Gasteiger charge is -2.15. The molecular weight excluding hydrogens is 364 g/mol. The van der Waals surface area contributed by atoms with Gasteiger partial charge in [0.15, 0.2) is 0 Å². The summed E-state index contributed by atoms with van der Waals surface area (Å²) in [6.07, 6.45) is 0. The van der Waals surface area contributed by atoms with Crippen molar-refractivity contribution in [3.8, 4) is 0 Å². The maximum absolute atomic E-state index is 12.2. The number of sulfonamides is 1. The number of carbonyl (C=O) groups is 2. The molecule has 0 unspecified atom stereocenters. The van der Waals surface area contributed by atoms with E-state index in [0.29, 0.717) is 5.56 Å². The number of hydrogen-bond donors (Lipinski definition) is 1. The van der Waals surface area contributed by atoms with Gasteiger partial charge in [-0.15, -0.1) is 11.3 Å². The monoisotopic (exact) mass is 382 g/mol. The number of methoxy groups -OCH3 is 1. The van der Waals surface area contributed by atoms with Gasteiger partial charge in [0.2, 0.25) is 5.91 Å². The Hall–Kier alpha value is -2.23. The minimum atomic E-state index is -3.65. The Balaban J connectivity index is 1.89. The van der Waals surface area contributed by atoms with Gasteiger partial charge in [-0.3, -0.25) is 4.79 Å². The number of hydrogen-bond acceptors (Lipinski definition) is 6. The summed E-state index contributed by atoms with van der Waals surface area (Å²) in [6.45, 7) is -0.0480. The summed E-state index contributed by atoms with van der Waals surface area (Å²) in [6, 6.07) is 9.72. The molecule has 9 heteroatoms. The van der Waals surface area contributed by atoms with E-state index in [2.05, 4.69) is 10.1 Å². The molecule has 0 aliphatic heterocycles. The van der Waals surface area contributed by atoms with E-state index in [1.165, 1.54) is 20.2 Å². The van der Waals surface area contributed by atoms with E-state index in [0.717, 1.165) is 21.2 Å². The Morgan fingerprint density at radius 3 is 2.44 bits per heavy atom. The van der Waals surface area contributed by atoms with Gasteiger partial charge in [0.1, 0.15) is 4.21 Å². The Bertz CT molecular complexity index is 830. The van der Waals surface area contributed by atoms with Crippen molar-refractivity contribution >= 4 is 33.2 Å². The first-order valence-corrected chi connectivity index (χ1v) is 9.60. The molecule has 0 atom stereocenters. The van der Waals surface area contributed by atoms with Gasteiger partial charge in [-0.2, -0.15) is 4.31 Å². The van der Waals surface area contributed by atoms with E-state index in [4.69, 9.17) is 0 Å². The van der Waals surface area contributed by atoms with E-state index in [-0.39, 0.29) is 17.3 Å². The van der Waals surface area contributed by atoms with Gasteiger partial charge in [0.05, 0.1) is 19.2 Å². The molecule has 1 heterocycles. The van der Waals surface area contributed by atoms with Crippen molar-refractivity contribution < 1.29 is 22.7 Å². The van der Waals surface area contributed by atoms with Crippen molar-refractivity contribution in [1.29, 1.82) is 0 Å². The van der Waals surface area contributed by atoms with Crippen LogP contribution in [0.25, 0.3) is 0 Å². The molecule has 1 aromatic heterocycles. The third-order valence-electron chi connectivity index (χ3n) is 3.39. The Kier molecular flexibility index (Phi) is 6.29. The largest absolute Gasteiger partial charge is 0.465 e. The molecule has 0 aliphatic rings. The lowest BCUT2D eigenvalue weighted by Crippen LogP contribution is -2.37. The average molecular weight is 382 g/mol. The Morgan fingerprint density at radius 1 is 1.20 bits per heavy atom. The van der Waals surface area contributed by atoms with Crippen LogP contribution < -0.4 is 5.32 Å². The molecule has 0 saturated carbocycles. The van der Waals surface area contributed by atoms with Gasteiger partial charge < -0.3 is 10.1 Å². The fourth-order valence-corrected chi connectivity index (χ4v) is 4.31. The molecule has 2 aromatic rings. The standard InChI is InChI=1S/C16H18N2O5S2/c1-18(25(21,22)15-4-3-9-24-15)11-14(19)17-10-12-5-7-13(8-6-12)16(20)23-2/h3-9H,10-11H2,1-2H3,(H,17,19). The fraction of sp³-hybridized carbons (Fsp3) is 0.250. The Morgan fingerprint density at radius 2 is 1.88 bits per heavy atom. The van der Waals surface area contributed by atoms with Gasteiger partial charge in [-0.25, -0.2) is 13.2 Å². The number of nitrogens with one attached hydrogen (secondary N) is 1. The van der Waals surface area contributed by atoms with Crippen LogP contribution in [0.4, 0.5) is 0 Å². The summed E-state index contributed by atoms with van der Waals surface area (Å²) in [4.78, 5) is 23.3. The molecule has 0 radical (unpaired) electrons. The molecule has 0 aliphatic carbocycles. The molecule has 1 aromatic carbocycles. The number of amides is 1. The zero-order valence-corrected chi connectivity index (χ0v) is 15.4.